The van der Waals surface area contributed by atoms with Crippen LogP contribution in [0.15, 0.2) is 62.7 Å². The topological polar surface area (TPSA) is 79.5 Å². The molecule has 0 radical (unpaired) electrons. The maximum atomic E-state index is 13.2. The van der Waals surface area contributed by atoms with Gasteiger partial charge in [0.25, 0.3) is 5.91 Å². The van der Waals surface area contributed by atoms with Crippen LogP contribution >= 0.6 is 31.9 Å². The highest BCUT2D eigenvalue weighted by Gasteiger charge is 2.34. The fraction of sp³-hybridized carbons (Fsp3) is 0.273. The Hall–Kier alpha value is -2.32. The van der Waals surface area contributed by atoms with Crippen molar-refractivity contribution in [3.05, 3.63) is 73.8 Å². The van der Waals surface area contributed by atoms with Crippen LogP contribution in [-0.2, 0) is 11.3 Å². The number of carbonyl (C=O) groups is 2. The van der Waals surface area contributed by atoms with Crippen molar-refractivity contribution in [2.24, 2.45) is 0 Å². The molecule has 3 N–H and O–H groups in total. The predicted octanol–water partition coefficient (Wildman–Crippen LogP) is 4.94. The number of urea groups is 1. The van der Waals surface area contributed by atoms with Crippen LogP contribution in [0.2, 0.25) is 0 Å². The van der Waals surface area contributed by atoms with Crippen molar-refractivity contribution in [3.63, 3.8) is 0 Å². The summed E-state index contributed by atoms with van der Waals surface area (Å²) in [7, 11) is 0. The summed E-state index contributed by atoms with van der Waals surface area (Å²) >= 11 is 7.04. The molecule has 0 fully saturated rings. The normalized spacial score (nSPS) is 16.2. The van der Waals surface area contributed by atoms with E-state index in [0.717, 1.165) is 14.5 Å². The number of benzene rings is 2. The highest BCUT2D eigenvalue weighted by molar-refractivity contribution is 9.11. The van der Waals surface area contributed by atoms with Crippen molar-refractivity contribution in [2.45, 2.75) is 39.5 Å². The maximum Gasteiger partial charge on any atom is 0.319 e. The number of hydrogen-bond donors (Lipinski definition) is 3. The van der Waals surface area contributed by atoms with E-state index >= 15 is 0 Å². The van der Waals surface area contributed by atoms with E-state index in [1.807, 2.05) is 56.3 Å². The van der Waals surface area contributed by atoms with Gasteiger partial charge < -0.3 is 20.7 Å². The van der Waals surface area contributed by atoms with E-state index in [1.54, 1.807) is 6.92 Å². The molecule has 3 amide bonds. The smallest absolute Gasteiger partial charge is 0.319 e. The molecule has 8 heteroatoms. The SMILES string of the molecule is CC1=C(C(=O)NCc2ccccc2)[C@H](c2cc(Br)cc(Br)c2OC(C)C)NC(=O)N1. The van der Waals surface area contributed by atoms with Crippen LogP contribution in [0.3, 0.4) is 0 Å². The molecular formula is C22H23Br2N3O3. The van der Waals surface area contributed by atoms with E-state index in [9.17, 15) is 9.59 Å². The Bertz CT molecular complexity index is 991. The van der Waals surface area contributed by atoms with Crippen LogP contribution in [0, 0.1) is 0 Å². The van der Waals surface area contributed by atoms with Gasteiger partial charge in [0, 0.05) is 22.3 Å². The minimum atomic E-state index is -0.669. The fourth-order valence-electron chi connectivity index (χ4n) is 3.26. The third-order valence-corrected chi connectivity index (χ3v) is 5.56. The first kappa shape index (κ1) is 22.4. The fourth-order valence-corrected chi connectivity index (χ4v) is 4.61. The van der Waals surface area contributed by atoms with Crippen LogP contribution in [0.1, 0.15) is 37.9 Å². The molecule has 1 aliphatic rings. The Morgan fingerprint density at radius 2 is 1.90 bits per heavy atom. The number of rotatable bonds is 6. The predicted molar refractivity (Wildman–Crippen MR) is 123 cm³/mol. The summed E-state index contributed by atoms with van der Waals surface area (Å²) in [6, 6.07) is 12.3. The Labute approximate surface area is 192 Å². The van der Waals surface area contributed by atoms with E-state index in [0.29, 0.717) is 29.1 Å². The lowest BCUT2D eigenvalue weighted by Crippen LogP contribution is -2.47. The van der Waals surface area contributed by atoms with Crippen molar-refractivity contribution in [1.29, 1.82) is 0 Å². The number of allylic oxidation sites excluding steroid dienone is 1. The molecule has 0 bridgehead atoms. The van der Waals surface area contributed by atoms with E-state index in [2.05, 4.69) is 47.8 Å². The van der Waals surface area contributed by atoms with Gasteiger partial charge in [-0.1, -0.05) is 46.3 Å². The molecule has 30 heavy (non-hydrogen) atoms. The molecule has 2 aromatic rings. The minimum absolute atomic E-state index is 0.0842. The summed E-state index contributed by atoms with van der Waals surface area (Å²) in [5.74, 6) is 0.321. The average molecular weight is 537 g/mol. The largest absolute Gasteiger partial charge is 0.489 e. The van der Waals surface area contributed by atoms with Gasteiger partial charge in [-0.15, -0.1) is 0 Å². The van der Waals surface area contributed by atoms with Crippen LogP contribution in [0.4, 0.5) is 4.79 Å². The second-order valence-corrected chi connectivity index (χ2v) is 8.98. The summed E-state index contributed by atoms with van der Waals surface area (Å²) in [4.78, 5) is 25.4. The first-order chi connectivity index (χ1) is 14.3. The summed E-state index contributed by atoms with van der Waals surface area (Å²) < 4.78 is 7.55. The second kappa shape index (κ2) is 9.66. The van der Waals surface area contributed by atoms with E-state index in [-0.39, 0.29) is 18.0 Å². The van der Waals surface area contributed by atoms with Crippen LogP contribution in [0.25, 0.3) is 0 Å². The van der Waals surface area contributed by atoms with Gasteiger partial charge in [0.15, 0.2) is 0 Å². The van der Waals surface area contributed by atoms with Gasteiger partial charge in [-0.3, -0.25) is 4.79 Å². The zero-order valence-corrected chi connectivity index (χ0v) is 20.1. The molecule has 0 aromatic heterocycles. The molecule has 158 valence electrons. The Kier molecular flexibility index (Phi) is 7.20. The Balaban J connectivity index is 1.99. The number of amides is 3. The Morgan fingerprint density at radius 1 is 1.20 bits per heavy atom. The minimum Gasteiger partial charge on any atom is -0.489 e. The lowest BCUT2D eigenvalue weighted by molar-refractivity contribution is -0.118. The first-order valence-corrected chi connectivity index (χ1v) is 11.1. The number of halogens is 2. The zero-order chi connectivity index (χ0) is 21.8. The summed E-state index contributed by atoms with van der Waals surface area (Å²) in [5.41, 5.74) is 2.61. The Morgan fingerprint density at radius 3 is 2.57 bits per heavy atom. The van der Waals surface area contributed by atoms with Gasteiger partial charge in [-0.25, -0.2) is 4.79 Å². The molecule has 1 heterocycles. The zero-order valence-electron chi connectivity index (χ0n) is 16.9. The van der Waals surface area contributed by atoms with E-state index in [1.165, 1.54) is 0 Å². The molecule has 0 saturated carbocycles. The second-order valence-electron chi connectivity index (χ2n) is 7.21. The molecule has 3 rings (SSSR count). The molecule has 0 aliphatic carbocycles. The molecule has 1 aliphatic heterocycles. The van der Waals surface area contributed by atoms with Crippen LogP contribution in [0.5, 0.6) is 5.75 Å². The molecule has 6 nitrogen and oxygen atoms in total. The maximum absolute atomic E-state index is 13.2. The quantitative estimate of drug-likeness (QED) is 0.489. The van der Waals surface area contributed by atoms with Crippen molar-refractivity contribution >= 4 is 43.8 Å². The van der Waals surface area contributed by atoms with Gasteiger partial charge in [0.1, 0.15) is 5.75 Å². The number of ether oxygens (including phenoxy) is 1. The van der Waals surface area contributed by atoms with Gasteiger partial charge in [0.05, 0.1) is 22.2 Å². The summed E-state index contributed by atoms with van der Waals surface area (Å²) in [6.07, 6.45) is -0.0842. The van der Waals surface area contributed by atoms with Gasteiger partial charge in [-0.05, 0) is 54.4 Å². The molecule has 0 saturated heterocycles. The third kappa shape index (κ3) is 5.23. The van der Waals surface area contributed by atoms with Crippen molar-refractivity contribution in [3.8, 4) is 5.75 Å². The van der Waals surface area contributed by atoms with Crippen LogP contribution < -0.4 is 20.7 Å². The number of nitrogens with one attached hydrogen (secondary N) is 3. The number of hydrogen-bond acceptors (Lipinski definition) is 3. The average Bonchev–Trinajstić information content (AvgIpc) is 2.68. The molecule has 0 unspecified atom stereocenters. The standard InChI is InChI=1S/C22H23Br2N3O3/c1-12(2)30-20-16(9-15(23)10-17(20)24)19-18(13(3)26-22(29)27-19)21(28)25-11-14-7-5-4-6-8-14/h4-10,12,19H,11H2,1-3H3,(H,25,28)(H2,26,27,29)/t19-/m0/s1. The molecule has 1 atom stereocenters. The monoisotopic (exact) mass is 535 g/mol. The molecule has 2 aromatic carbocycles. The summed E-state index contributed by atoms with van der Waals surface area (Å²) in [6.45, 7) is 5.95. The van der Waals surface area contributed by atoms with Crippen molar-refractivity contribution in [1.82, 2.24) is 16.0 Å². The van der Waals surface area contributed by atoms with Crippen LogP contribution in [-0.4, -0.2) is 18.0 Å². The summed E-state index contributed by atoms with van der Waals surface area (Å²) in [5, 5.41) is 8.52. The molecular weight excluding hydrogens is 514 g/mol. The lowest BCUT2D eigenvalue weighted by atomic mass is 9.94. The van der Waals surface area contributed by atoms with E-state index in [4.69, 9.17) is 4.74 Å². The van der Waals surface area contributed by atoms with Gasteiger partial charge in [-0.2, -0.15) is 0 Å². The number of carbonyl (C=O) groups excluding carboxylic acids is 2. The highest BCUT2D eigenvalue weighted by atomic mass is 79.9. The molecule has 0 spiro atoms. The highest BCUT2D eigenvalue weighted by Crippen LogP contribution is 2.40. The van der Waals surface area contributed by atoms with E-state index < -0.39 is 6.04 Å². The lowest BCUT2D eigenvalue weighted by Gasteiger charge is -2.30. The third-order valence-electron chi connectivity index (χ3n) is 4.51. The van der Waals surface area contributed by atoms with Gasteiger partial charge in [0.2, 0.25) is 0 Å². The van der Waals surface area contributed by atoms with Gasteiger partial charge >= 0.3 is 6.03 Å². The first-order valence-electron chi connectivity index (χ1n) is 9.52. The van der Waals surface area contributed by atoms with Crippen molar-refractivity contribution in [2.75, 3.05) is 0 Å². The van der Waals surface area contributed by atoms with Crippen molar-refractivity contribution < 1.29 is 14.3 Å².